The molecule has 3 rings (SSSR count). The highest BCUT2D eigenvalue weighted by atomic mass is 32.1. The zero-order valence-electron chi connectivity index (χ0n) is 15.6. The lowest BCUT2D eigenvalue weighted by Crippen LogP contribution is -2.43. The van der Waals surface area contributed by atoms with Gasteiger partial charge in [0.25, 0.3) is 0 Å². The number of carboxylic acid groups (broad SMARTS) is 2. The molecule has 1 aliphatic rings. The number of rotatable bonds is 6. The molecule has 1 aliphatic carbocycles. The molecule has 1 fully saturated rings. The lowest BCUT2D eigenvalue weighted by atomic mass is 9.85. The Morgan fingerprint density at radius 2 is 1.71 bits per heavy atom. The monoisotopic (exact) mass is 401 g/mol. The zero-order chi connectivity index (χ0) is 20.3. The Hall–Kier alpha value is -2.67. The van der Waals surface area contributed by atoms with Gasteiger partial charge in [-0.2, -0.15) is 0 Å². The van der Waals surface area contributed by atoms with E-state index in [-0.39, 0.29) is 23.2 Å². The second-order valence-corrected chi connectivity index (χ2v) is 8.01. The predicted molar refractivity (Wildman–Crippen MR) is 108 cm³/mol. The van der Waals surface area contributed by atoms with Crippen molar-refractivity contribution < 1.29 is 24.6 Å². The van der Waals surface area contributed by atoms with Gasteiger partial charge in [-0.05, 0) is 37.3 Å². The van der Waals surface area contributed by atoms with Crippen LogP contribution in [0.4, 0.5) is 5.69 Å². The number of thiophene rings is 1. The van der Waals surface area contributed by atoms with Gasteiger partial charge in [0.1, 0.15) is 4.88 Å². The maximum atomic E-state index is 12.8. The lowest BCUT2D eigenvalue weighted by molar-refractivity contribution is -0.142. The van der Waals surface area contributed by atoms with Gasteiger partial charge in [-0.3, -0.25) is 9.59 Å². The molecule has 0 bridgehead atoms. The number of carboxylic acids is 2. The molecule has 1 aromatic heterocycles. The Labute approximate surface area is 167 Å². The molecule has 0 spiro atoms. The number of nitrogens with zero attached hydrogens (tertiary/aromatic N) is 1. The molecule has 0 atom stereocenters. The highest BCUT2D eigenvalue weighted by Crippen LogP contribution is 2.40. The normalized spacial score (nSPS) is 19.2. The molecule has 7 heteroatoms. The summed E-state index contributed by atoms with van der Waals surface area (Å²) in [4.78, 5) is 38.4. The average molecular weight is 401 g/mol. The molecule has 0 unspecified atom stereocenters. The Morgan fingerprint density at radius 1 is 1.07 bits per heavy atom. The van der Waals surface area contributed by atoms with Crippen LogP contribution in [0, 0.1) is 5.92 Å². The lowest BCUT2D eigenvalue weighted by Gasteiger charge is -2.35. The third-order valence-electron chi connectivity index (χ3n) is 5.21. The third-order valence-corrected chi connectivity index (χ3v) is 6.37. The highest BCUT2D eigenvalue weighted by Gasteiger charge is 2.34. The molecule has 1 saturated carbocycles. The van der Waals surface area contributed by atoms with Crippen molar-refractivity contribution >= 4 is 34.9 Å². The van der Waals surface area contributed by atoms with E-state index >= 15 is 0 Å². The number of carbonyl (C=O) groups is 3. The zero-order valence-corrected chi connectivity index (χ0v) is 16.4. The SMILES string of the molecule is CCC(=O)N(c1cc(-c2ccccc2)sc1C(=O)O)C1CCC(C(=O)O)CC1. The number of amides is 1. The van der Waals surface area contributed by atoms with Crippen LogP contribution in [0.5, 0.6) is 0 Å². The topological polar surface area (TPSA) is 94.9 Å². The van der Waals surface area contributed by atoms with Gasteiger partial charge < -0.3 is 15.1 Å². The Morgan fingerprint density at radius 3 is 2.25 bits per heavy atom. The van der Waals surface area contributed by atoms with Gasteiger partial charge in [0.2, 0.25) is 5.91 Å². The molecule has 148 valence electrons. The first-order chi connectivity index (χ1) is 13.4. The van der Waals surface area contributed by atoms with Crippen molar-refractivity contribution in [3.05, 3.63) is 41.3 Å². The van der Waals surface area contributed by atoms with Crippen LogP contribution in [-0.2, 0) is 9.59 Å². The van der Waals surface area contributed by atoms with E-state index < -0.39 is 17.9 Å². The number of aromatic carboxylic acids is 1. The molecule has 6 nitrogen and oxygen atoms in total. The summed E-state index contributed by atoms with van der Waals surface area (Å²) in [5, 5.41) is 19.0. The summed E-state index contributed by atoms with van der Waals surface area (Å²) in [6.07, 6.45) is 2.35. The third kappa shape index (κ3) is 4.09. The van der Waals surface area contributed by atoms with Crippen LogP contribution in [0.2, 0.25) is 0 Å². The summed E-state index contributed by atoms with van der Waals surface area (Å²) in [7, 11) is 0. The summed E-state index contributed by atoms with van der Waals surface area (Å²) < 4.78 is 0. The van der Waals surface area contributed by atoms with Crippen molar-refractivity contribution in [1.82, 2.24) is 0 Å². The average Bonchev–Trinajstić information content (AvgIpc) is 3.14. The quantitative estimate of drug-likeness (QED) is 0.743. The first kappa shape index (κ1) is 20.1. The van der Waals surface area contributed by atoms with Crippen LogP contribution in [0.1, 0.15) is 48.7 Å². The van der Waals surface area contributed by atoms with Crippen molar-refractivity contribution in [3.8, 4) is 10.4 Å². The van der Waals surface area contributed by atoms with Gasteiger partial charge >= 0.3 is 11.9 Å². The van der Waals surface area contributed by atoms with Crippen LogP contribution in [-0.4, -0.2) is 34.1 Å². The molecule has 2 N–H and O–H groups in total. The standard InChI is InChI=1S/C21H23NO5S/c1-2-18(23)22(15-10-8-14(9-11-15)20(24)25)16-12-17(28-19(16)21(26)27)13-6-4-3-5-7-13/h3-7,12,14-15H,2,8-11H2,1H3,(H,24,25)(H,26,27). The summed E-state index contributed by atoms with van der Waals surface area (Å²) in [6.45, 7) is 1.75. The van der Waals surface area contributed by atoms with E-state index in [9.17, 15) is 24.6 Å². The fourth-order valence-electron chi connectivity index (χ4n) is 3.74. The van der Waals surface area contributed by atoms with Crippen molar-refractivity contribution in [2.45, 2.75) is 45.1 Å². The number of hydrogen-bond donors (Lipinski definition) is 2. The van der Waals surface area contributed by atoms with E-state index in [0.717, 1.165) is 21.8 Å². The largest absolute Gasteiger partial charge is 0.481 e. The van der Waals surface area contributed by atoms with Crippen LogP contribution >= 0.6 is 11.3 Å². The van der Waals surface area contributed by atoms with E-state index in [0.29, 0.717) is 31.4 Å². The summed E-state index contributed by atoms with van der Waals surface area (Å²) in [6, 6.07) is 11.1. The van der Waals surface area contributed by atoms with Gasteiger partial charge in [0, 0.05) is 17.3 Å². The first-order valence-corrected chi connectivity index (χ1v) is 10.2. The molecular formula is C21H23NO5S. The smallest absolute Gasteiger partial charge is 0.348 e. The molecule has 1 aromatic carbocycles. The summed E-state index contributed by atoms with van der Waals surface area (Å²) >= 11 is 1.16. The number of aliphatic carboxylic acids is 1. The Bertz CT molecular complexity index is 868. The van der Waals surface area contributed by atoms with Crippen molar-refractivity contribution in [3.63, 3.8) is 0 Å². The predicted octanol–water partition coefficient (Wildman–Crippen LogP) is 4.50. The Balaban J connectivity index is 1.98. The van der Waals surface area contributed by atoms with Gasteiger partial charge in [-0.25, -0.2) is 4.79 Å². The summed E-state index contributed by atoms with van der Waals surface area (Å²) in [5.41, 5.74) is 1.32. The maximum Gasteiger partial charge on any atom is 0.348 e. The van der Waals surface area contributed by atoms with Gasteiger partial charge in [-0.15, -0.1) is 11.3 Å². The van der Waals surface area contributed by atoms with E-state index in [4.69, 9.17) is 0 Å². The van der Waals surface area contributed by atoms with Crippen molar-refractivity contribution in [2.75, 3.05) is 4.90 Å². The molecule has 0 saturated heterocycles. The molecular weight excluding hydrogens is 378 g/mol. The number of hydrogen-bond acceptors (Lipinski definition) is 4. The van der Waals surface area contributed by atoms with Gasteiger partial charge in [0.15, 0.2) is 0 Å². The molecule has 1 amide bonds. The summed E-state index contributed by atoms with van der Waals surface area (Å²) in [5.74, 6) is -2.40. The van der Waals surface area contributed by atoms with Crippen LogP contribution in [0.25, 0.3) is 10.4 Å². The molecule has 0 radical (unpaired) electrons. The minimum atomic E-state index is -1.06. The van der Waals surface area contributed by atoms with Crippen molar-refractivity contribution in [2.24, 2.45) is 5.92 Å². The fourth-order valence-corrected chi connectivity index (χ4v) is 4.74. The first-order valence-electron chi connectivity index (χ1n) is 9.39. The van der Waals surface area contributed by atoms with E-state index in [2.05, 4.69) is 0 Å². The highest BCUT2D eigenvalue weighted by molar-refractivity contribution is 7.18. The molecule has 0 aliphatic heterocycles. The molecule has 1 heterocycles. The number of benzene rings is 1. The van der Waals surface area contributed by atoms with Crippen LogP contribution in [0.3, 0.4) is 0 Å². The minimum absolute atomic E-state index is 0.140. The van der Waals surface area contributed by atoms with Gasteiger partial charge in [-0.1, -0.05) is 37.3 Å². The van der Waals surface area contributed by atoms with Crippen LogP contribution in [0.15, 0.2) is 36.4 Å². The van der Waals surface area contributed by atoms with E-state index in [1.165, 1.54) is 0 Å². The van der Waals surface area contributed by atoms with E-state index in [1.54, 1.807) is 17.9 Å². The van der Waals surface area contributed by atoms with Crippen LogP contribution < -0.4 is 4.90 Å². The van der Waals surface area contributed by atoms with Crippen molar-refractivity contribution in [1.29, 1.82) is 0 Å². The van der Waals surface area contributed by atoms with E-state index in [1.807, 2.05) is 30.3 Å². The molecule has 2 aromatic rings. The minimum Gasteiger partial charge on any atom is -0.481 e. The van der Waals surface area contributed by atoms with Gasteiger partial charge in [0.05, 0.1) is 11.6 Å². The Kier molecular flexibility index (Phi) is 6.14. The molecule has 28 heavy (non-hydrogen) atoms. The number of anilines is 1. The second-order valence-electron chi connectivity index (χ2n) is 6.96. The maximum absolute atomic E-state index is 12.8. The fraction of sp³-hybridized carbons (Fsp3) is 0.381. The number of carbonyl (C=O) groups excluding carboxylic acids is 1. The second kappa shape index (κ2) is 8.56.